The molecule has 0 unspecified atom stereocenters. The molecule has 2 aliphatic carbocycles. The van der Waals surface area contributed by atoms with Gasteiger partial charge in [0.25, 0.3) is 0 Å². The van der Waals surface area contributed by atoms with Crippen molar-refractivity contribution in [2.24, 2.45) is 16.7 Å². The summed E-state index contributed by atoms with van der Waals surface area (Å²) in [7, 11) is -3.85. The van der Waals surface area contributed by atoms with E-state index in [-0.39, 0.29) is 43.7 Å². The van der Waals surface area contributed by atoms with E-state index >= 15 is 0 Å². The molecule has 3 heterocycles. The molecular formula is C40H53N5O7S. The number of hydrogen-bond donors (Lipinski definition) is 2. The quantitative estimate of drug-likeness (QED) is 0.342. The molecule has 3 fully saturated rings. The van der Waals surface area contributed by atoms with Crippen molar-refractivity contribution in [2.45, 2.75) is 115 Å². The summed E-state index contributed by atoms with van der Waals surface area (Å²) in [5.41, 5.74) is -1.04. The zero-order valence-electron chi connectivity index (χ0n) is 31.5. The number of fused-ring (bicyclic) bond motifs is 3. The zero-order chi connectivity index (χ0) is 38.3. The van der Waals surface area contributed by atoms with Gasteiger partial charge in [0.1, 0.15) is 12.1 Å². The van der Waals surface area contributed by atoms with Gasteiger partial charge in [-0.15, -0.1) is 6.58 Å². The Balaban J connectivity index is 1.36. The lowest BCUT2D eigenvalue weighted by Crippen LogP contribution is -2.59. The standard InChI is InChI=1S/C40H53N5O7S/c1-7-28-22-40(28,37(48)43-53(50,51)30-15-16-30)23-33(46)32-21-29-24-45(32)36(47)34(39(4,5)6)42-38(49)44(25(2)3)19-11-9-8-10-12-26-13-14-27-17-18-41-35(52-29)31(27)20-26/h7,10,12-14,17-18,20,25,28-30,32,34H,1,8-9,11,15-16,19,21-24H2,2-6H3,(H,42,49)(H,43,48)/b12-10+/t28-,29-,32+,34-,40-/m1/s1. The van der Waals surface area contributed by atoms with Crippen LogP contribution in [0.5, 0.6) is 5.88 Å². The Hall–Kier alpha value is -4.26. The van der Waals surface area contributed by atoms with Gasteiger partial charge in [-0.05, 0) is 86.8 Å². The highest BCUT2D eigenvalue weighted by atomic mass is 32.2. The molecule has 0 spiro atoms. The average molecular weight is 748 g/mol. The van der Waals surface area contributed by atoms with Gasteiger partial charge in [-0.1, -0.05) is 51.1 Å². The number of rotatable bonds is 8. The molecular weight excluding hydrogens is 695 g/mol. The molecule has 0 radical (unpaired) electrons. The molecule has 4 bridgehead atoms. The first-order valence-electron chi connectivity index (χ1n) is 18.8. The maximum atomic E-state index is 14.8. The van der Waals surface area contributed by atoms with E-state index in [1.54, 1.807) is 17.2 Å². The molecule has 1 saturated heterocycles. The number of nitrogens with zero attached hydrogens (tertiary/aromatic N) is 3. The maximum absolute atomic E-state index is 14.8. The highest BCUT2D eigenvalue weighted by Gasteiger charge is 2.61. The molecule has 5 atom stereocenters. The number of pyridine rings is 1. The van der Waals surface area contributed by atoms with Crippen molar-refractivity contribution in [1.82, 2.24) is 24.8 Å². The van der Waals surface area contributed by atoms with Crippen LogP contribution in [0.15, 0.2) is 49.2 Å². The third-order valence-electron chi connectivity index (χ3n) is 11.1. The number of carbonyl (C=O) groups excluding carboxylic acids is 4. The number of benzene rings is 1. The fourth-order valence-electron chi connectivity index (χ4n) is 7.63. The molecule has 2 saturated carbocycles. The number of sulfonamides is 1. The predicted molar refractivity (Wildman–Crippen MR) is 203 cm³/mol. The number of aromatic nitrogens is 1. The lowest BCUT2D eigenvalue weighted by Gasteiger charge is -2.37. The van der Waals surface area contributed by atoms with Gasteiger partial charge >= 0.3 is 6.03 Å². The molecule has 13 heteroatoms. The summed E-state index contributed by atoms with van der Waals surface area (Å²) in [5.74, 6) is -1.53. The second-order valence-corrected chi connectivity index (χ2v) is 18.5. The van der Waals surface area contributed by atoms with Gasteiger partial charge < -0.3 is 19.9 Å². The second-order valence-electron chi connectivity index (χ2n) is 16.5. The summed E-state index contributed by atoms with van der Waals surface area (Å²) in [4.78, 5) is 64.4. The number of amides is 4. The van der Waals surface area contributed by atoms with Crippen molar-refractivity contribution in [3.05, 3.63) is 54.8 Å². The van der Waals surface area contributed by atoms with Crippen LogP contribution in [-0.4, -0.2) is 89.4 Å². The first-order chi connectivity index (χ1) is 25.0. The van der Waals surface area contributed by atoms with Crippen LogP contribution in [0.4, 0.5) is 4.79 Å². The minimum atomic E-state index is -3.85. The van der Waals surface area contributed by atoms with Crippen molar-refractivity contribution in [3.63, 3.8) is 0 Å². The highest BCUT2D eigenvalue weighted by molar-refractivity contribution is 7.90. The van der Waals surface area contributed by atoms with E-state index < -0.39 is 62.0 Å². The number of urea groups is 1. The molecule has 2 aromatic rings. The highest BCUT2D eigenvalue weighted by Crippen LogP contribution is 2.57. The van der Waals surface area contributed by atoms with Crippen molar-refractivity contribution in [3.8, 4) is 5.88 Å². The van der Waals surface area contributed by atoms with E-state index in [0.717, 1.165) is 35.6 Å². The Kier molecular flexibility index (Phi) is 10.8. The Morgan fingerprint density at radius 2 is 1.92 bits per heavy atom. The molecule has 2 N–H and O–H groups in total. The van der Waals surface area contributed by atoms with E-state index in [1.165, 1.54) is 4.90 Å². The largest absolute Gasteiger partial charge is 0.472 e. The van der Waals surface area contributed by atoms with Crippen molar-refractivity contribution in [1.29, 1.82) is 0 Å². The molecule has 4 amide bonds. The fraction of sp³-hybridized carbons (Fsp3) is 0.575. The minimum absolute atomic E-state index is 0.0450. The Morgan fingerprint density at radius 3 is 2.58 bits per heavy atom. The summed E-state index contributed by atoms with van der Waals surface area (Å²) < 4.78 is 34.3. The number of ketones is 1. The Bertz CT molecular complexity index is 1920. The normalized spacial score (nSPS) is 27.7. The number of ether oxygens (including phenoxy) is 1. The molecule has 1 aromatic carbocycles. The predicted octanol–water partition coefficient (Wildman–Crippen LogP) is 5.37. The second kappa shape index (κ2) is 14.9. The van der Waals surface area contributed by atoms with Crippen LogP contribution in [0.25, 0.3) is 16.8 Å². The van der Waals surface area contributed by atoms with Gasteiger partial charge in [0.2, 0.25) is 27.7 Å². The molecule has 12 nitrogen and oxygen atoms in total. The summed E-state index contributed by atoms with van der Waals surface area (Å²) in [5, 5.41) is 4.15. The molecule has 2 aliphatic heterocycles. The molecule has 286 valence electrons. The molecule has 1 aromatic heterocycles. The lowest BCUT2D eigenvalue weighted by molar-refractivity contribution is -0.142. The van der Waals surface area contributed by atoms with E-state index in [1.807, 2.05) is 58.9 Å². The smallest absolute Gasteiger partial charge is 0.318 e. The van der Waals surface area contributed by atoms with Crippen LogP contribution in [-0.2, 0) is 24.4 Å². The first kappa shape index (κ1) is 38.5. The Labute approximate surface area is 312 Å². The zero-order valence-corrected chi connectivity index (χ0v) is 32.3. The van der Waals surface area contributed by atoms with E-state index in [9.17, 15) is 27.6 Å². The Morgan fingerprint density at radius 1 is 1.17 bits per heavy atom. The summed E-state index contributed by atoms with van der Waals surface area (Å²) >= 11 is 0. The monoisotopic (exact) mass is 747 g/mol. The van der Waals surface area contributed by atoms with Crippen LogP contribution in [0.3, 0.4) is 0 Å². The van der Waals surface area contributed by atoms with Crippen molar-refractivity contribution >= 4 is 50.5 Å². The minimum Gasteiger partial charge on any atom is -0.472 e. The average Bonchev–Trinajstić information content (AvgIpc) is 4.02. The number of allylic oxidation sites excluding steroid dienone is 2. The van der Waals surface area contributed by atoms with E-state index in [4.69, 9.17) is 4.74 Å². The fourth-order valence-corrected chi connectivity index (χ4v) is 9.02. The van der Waals surface area contributed by atoms with Crippen LogP contribution < -0.4 is 14.8 Å². The number of hydrogen-bond acceptors (Lipinski definition) is 8. The maximum Gasteiger partial charge on any atom is 0.318 e. The molecule has 4 aliphatic rings. The van der Waals surface area contributed by atoms with Crippen LogP contribution in [0, 0.1) is 16.7 Å². The topological polar surface area (TPSA) is 155 Å². The van der Waals surface area contributed by atoms with Gasteiger partial charge in [-0.2, -0.15) is 0 Å². The third kappa shape index (κ3) is 8.29. The van der Waals surface area contributed by atoms with Crippen LogP contribution in [0.2, 0.25) is 0 Å². The van der Waals surface area contributed by atoms with Crippen LogP contribution >= 0.6 is 0 Å². The lowest BCUT2D eigenvalue weighted by atomic mass is 9.85. The summed E-state index contributed by atoms with van der Waals surface area (Å²) in [6.45, 7) is 13.9. The molecule has 6 rings (SSSR count). The summed E-state index contributed by atoms with van der Waals surface area (Å²) in [6, 6.07) is 5.50. The number of carbonyl (C=O) groups is 4. The SMILES string of the molecule is C=C[C@@H]1C[C@]1(CC(=O)[C@@H]1C[C@@H]2CN1C(=O)[C@H](C(C)(C)C)NC(=O)N(C(C)C)CCCC/C=C/c1ccc3ccnc(c3c1)O2)C(=O)NS(=O)(=O)C1CC1. The van der Waals surface area contributed by atoms with E-state index in [2.05, 4.69) is 33.8 Å². The van der Waals surface area contributed by atoms with Gasteiger partial charge in [0, 0.05) is 37.0 Å². The van der Waals surface area contributed by atoms with Crippen molar-refractivity contribution < 1.29 is 32.3 Å². The first-order valence-corrected chi connectivity index (χ1v) is 20.4. The van der Waals surface area contributed by atoms with Crippen molar-refractivity contribution in [2.75, 3.05) is 13.1 Å². The van der Waals surface area contributed by atoms with Gasteiger partial charge in [-0.3, -0.25) is 19.1 Å². The third-order valence-corrected chi connectivity index (χ3v) is 12.9. The van der Waals surface area contributed by atoms with Gasteiger partial charge in [0.15, 0.2) is 5.78 Å². The molecule has 53 heavy (non-hydrogen) atoms. The van der Waals surface area contributed by atoms with Gasteiger partial charge in [0.05, 0.1) is 23.3 Å². The number of nitrogens with one attached hydrogen (secondary N) is 2. The summed E-state index contributed by atoms with van der Waals surface area (Å²) in [6.07, 6.45) is 10.4. The van der Waals surface area contributed by atoms with E-state index in [0.29, 0.717) is 25.3 Å². The van der Waals surface area contributed by atoms with Gasteiger partial charge in [-0.25, -0.2) is 18.2 Å². The number of Topliss-reactive ketones (excluding diaryl/α,β-unsaturated/α-hetero) is 1. The van der Waals surface area contributed by atoms with Crippen LogP contribution in [0.1, 0.15) is 91.5 Å².